The summed E-state index contributed by atoms with van der Waals surface area (Å²) >= 11 is 0. The van der Waals surface area contributed by atoms with Gasteiger partial charge in [0.25, 0.3) is 5.91 Å². The van der Waals surface area contributed by atoms with E-state index in [9.17, 15) is 18.4 Å². The first-order chi connectivity index (χ1) is 12.3. The lowest BCUT2D eigenvalue weighted by atomic mass is 9.98. The summed E-state index contributed by atoms with van der Waals surface area (Å²) < 4.78 is 29.5. The molecule has 27 heavy (non-hydrogen) atoms. The molecular weight excluding hydrogens is 380 g/mol. The van der Waals surface area contributed by atoms with E-state index in [4.69, 9.17) is 5.73 Å². The minimum Gasteiger partial charge on any atom is -0.434 e. The molecule has 0 aromatic heterocycles. The zero-order valence-corrected chi connectivity index (χ0v) is 16.3. The highest BCUT2D eigenvalue weighted by atomic mass is 35.5. The second-order valence-electron chi connectivity index (χ2n) is 6.40. The number of benzene rings is 1. The van der Waals surface area contributed by atoms with E-state index in [0.717, 1.165) is 6.42 Å². The first-order valence-corrected chi connectivity index (χ1v) is 8.72. The number of hydrogen-bond donors (Lipinski definition) is 1. The van der Waals surface area contributed by atoms with Gasteiger partial charge in [-0.1, -0.05) is 32.4 Å². The highest BCUT2D eigenvalue weighted by molar-refractivity contribution is 5.97. The summed E-state index contributed by atoms with van der Waals surface area (Å²) in [5.41, 5.74) is 6.08. The van der Waals surface area contributed by atoms with Crippen molar-refractivity contribution in [1.29, 1.82) is 0 Å². The van der Waals surface area contributed by atoms with Crippen LogP contribution in [0.3, 0.4) is 0 Å². The maximum absolute atomic E-state index is 12.6. The molecule has 9 heteroatoms. The van der Waals surface area contributed by atoms with Gasteiger partial charge in [0.05, 0.1) is 11.6 Å². The van der Waals surface area contributed by atoms with E-state index >= 15 is 0 Å². The van der Waals surface area contributed by atoms with Crippen molar-refractivity contribution in [3.05, 3.63) is 29.8 Å². The summed E-state index contributed by atoms with van der Waals surface area (Å²) in [6.45, 7) is 2.29. The van der Waals surface area contributed by atoms with Crippen molar-refractivity contribution >= 4 is 24.2 Å². The van der Waals surface area contributed by atoms with Crippen LogP contribution in [-0.2, 0) is 4.79 Å². The van der Waals surface area contributed by atoms with Crippen molar-refractivity contribution < 1.29 is 23.1 Å². The van der Waals surface area contributed by atoms with Gasteiger partial charge in [-0.2, -0.15) is 8.78 Å². The second kappa shape index (κ2) is 10.4. The van der Waals surface area contributed by atoms with E-state index in [1.54, 1.807) is 11.0 Å². The van der Waals surface area contributed by atoms with Gasteiger partial charge in [-0.25, -0.2) is 0 Å². The molecule has 1 aliphatic rings. The number of rotatable bonds is 6. The van der Waals surface area contributed by atoms with Gasteiger partial charge < -0.3 is 20.3 Å². The van der Waals surface area contributed by atoms with E-state index < -0.39 is 12.7 Å². The summed E-state index contributed by atoms with van der Waals surface area (Å²) in [6, 6.07) is 5.36. The number of nitrogens with two attached hydrogens (primary N) is 1. The number of amides is 2. The molecule has 0 aliphatic carbocycles. The number of halogens is 3. The first kappa shape index (κ1) is 23.1. The van der Waals surface area contributed by atoms with E-state index in [1.807, 2.05) is 13.8 Å². The van der Waals surface area contributed by atoms with Crippen LogP contribution in [0.15, 0.2) is 24.3 Å². The van der Waals surface area contributed by atoms with Crippen LogP contribution >= 0.6 is 12.4 Å². The molecule has 1 aliphatic heterocycles. The Hall–Kier alpha value is -1.93. The third-order valence-electron chi connectivity index (χ3n) is 4.75. The number of alkyl halides is 2. The molecule has 1 heterocycles. The SMILES string of the molecule is CCC(C)C(N)C(=O)N1CCN(C(=O)c2ccccc2OC(F)F)CC1.Cl. The molecule has 2 rings (SSSR count). The fourth-order valence-corrected chi connectivity index (χ4v) is 2.85. The van der Waals surface area contributed by atoms with Gasteiger partial charge in [-0.3, -0.25) is 9.59 Å². The van der Waals surface area contributed by atoms with E-state index in [-0.39, 0.29) is 41.5 Å². The Morgan fingerprint density at radius 3 is 2.26 bits per heavy atom. The third kappa shape index (κ3) is 5.77. The number of carbonyl (C=O) groups is 2. The zero-order valence-electron chi connectivity index (χ0n) is 15.4. The van der Waals surface area contributed by atoms with Crippen molar-refractivity contribution in [1.82, 2.24) is 9.80 Å². The number of ether oxygens (including phenoxy) is 1. The van der Waals surface area contributed by atoms with E-state index in [0.29, 0.717) is 26.2 Å². The van der Waals surface area contributed by atoms with Crippen molar-refractivity contribution in [2.24, 2.45) is 11.7 Å². The van der Waals surface area contributed by atoms with Gasteiger partial charge in [-0.05, 0) is 18.1 Å². The van der Waals surface area contributed by atoms with Gasteiger partial charge in [0, 0.05) is 26.2 Å². The molecule has 2 amide bonds. The maximum Gasteiger partial charge on any atom is 0.387 e. The van der Waals surface area contributed by atoms with Crippen LogP contribution in [0.2, 0.25) is 0 Å². The highest BCUT2D eigenvalue weighted by Gasteiger charge is 2.30. The van der Waals surface area contributed by atoms with Gasteiger partial charge in [0.2, 0.25) is 5.91 Å². The molecule has 0 radical (unpaired) electrons. The Kier molecular flexibility index (Phi) is 8.92. The Labute approximate surface area is 164 Å². The molecule has 0 bridgehead atoms. The topological polar surface area (TPSA) is 75.9 Å². The van der Waals surface area contributed by atoms with Crippen molar-refractivity contribution in [3.8, 4) is 5.75 Å². The highest BCUT2D eigenvalue weighted by Crippen LogP contribution is 2.22. The number of para-hydroxylation sites is 1. The Morgan fingerprint density at radius 1 is 1.15 bits per heavy atom. The molecular formula is C18H26ClF2N3O3. The summed E-state index contributed by atoms with van der Waals surface area (Å²) in [7, 11) is 0. The van der Waals surface area contributed by atoms with Gasteiger partial charge in [-0.15, -0.1) is 12.4 Å². The number of hydrogen-bond acceptors (Lipinski definition) is 4. The lowest BCUT2D eigenvalue weighted by Gasteiger charge is -2.36. The molecule has 1 fully saturated rings. The lowest BCUT2D eigenvalue weighted by molar-refractivity contribution is -0.135. The van der Waals surface area contributed by atoms with Crippen molar-refractivity contribution in [2.75, 3.05) is 26.2 Å². The van der Waals surface area contributed by atoms with Crippen LogP contribution in [0.4, 0.5) is 8.78 Å². The van der Waals surface area contributed by atoms with Crippen LogP contribution in [0.1, 0.15) is 30.6 Å². The molecule has 0 saturated carbocycles. The summed E-state index contributed by atoms with van der Waals surface area (Å²) in [6.07, 6.45) is 0.812. The molecule has 1 aromatic carbocycles. The quantitative estimate of drug-likeness (QED) is 0.788. The Balaban J connectivity index is 0.00000364. The fourth-order valence-electron chi connectivity index (χ4n) is 2.85. The van der Waals surface area contributed by atoms with Crippen molar-refractivity contribution in [2.45, 2.75) is 32.9 Å². The molecule has 6 nitrogen and oxygen atoms in total. The zero-order chi connectivity index (χ0) is 19.3. The predicted octanol–water partition coefficient (Wildman–Crippen LogP) is 2.37. The van der Waals surface area contributed by atoms with Gasteiger partial charge >= 0.3 is 6.61 Å². The Bertz CT molecular complexity index is 640. The average molecular weight is 406 g/mol. The summed E-state index contributed by atoms with van der Waals surface area (Å²) in [4.78, 5) is 28.2. The normalized spacial score (nSPS) is 16.5. The number of nitrogens with zero attached hydrogens (tertiary/aromatic N) is 2. The number of carbonyl (C=O) groups excluding carboxylic acids is 2. The number of piperazine rings is 1. The van der Waals surface area contributed by atoms with Crippen molar-refractivity contribution in [3.63, 3.8) is 0 Å². The molecule has 152 valence electrons. The smallest absolute Gasteiger partial charge is 0.387 e. The molecule has 1 saturated heterocycles. The second-order valence-corrected chi connectivity index (χ2v) is 6.40. The largest absolute Gasteiger partial charge is 0.434 e. The summed E-state index contributed by atoms with van der Waals surface area (Å²) in [5, 5.41) is 0. The minimum absolute atomic E-state index is 0. The molecule has 1 aromatic rings. The maximum atomic E-state index is 12.6. The fraction of sp³-hybridized carbons (Fsp3) is 0.556. The third-order valence-corrected chi connectivity index (χ3v) is 4.75. The molecule has 0 spiro atoms. The average Bonchev–Trinajstić information content (AvgIpc) is 2.65. The molecule has 2 atom stereocenters. The lowest BCUT2D eigenvalue weighted by Crippen LogP contribution is -2.55. The van der Waals surface area contributed by atoms with Gasteiger partial charge in [0.15, 0.2) is 0 Å². The standard InChI is InChI=1S/C18H25F2N3O3.ClH/c1-3-12(2)15(21)17(25)23-10-8-22(9-11-23)16(24)13-6-4-5-7-14(13)26-18(19)20;/h4-7,12,15,18H,3,8-11,21H2,1-2H3;1H. The first-order valence-electron chi connectivity index (χ1n) is 8.72. The predicted molar refractivity (Wildman–Crippen MR) is 100 cm³/mol. The minimum atomic E-state index is -3.00. The van der Waals surface area contributed by atoms with Crippen LogP contribution in [-0.4, -0.2) is 60.4 Å². The van der Waals surface area contributed by atoms with Crippen LogP contribution in [0, 0.1) is 5.92 Å². The Morgan fingerprint density at radius 2 is 1.70 bits per heavy atom. The van der Waals surface area contributed by atoms with Crippen LogP contribution < -0.4 is 10.5 Å². The van der Waals surface area contributed by atoms with E-state index in [1.165, 1.54) is 23.1 Å². The van der Waals surface area contributed by atoms with Gasteiger partial charge in [0.1, 0.15) is 5.75 Å². The van der Waals surface area contributed by atoms with E-state index in [2.05, 4.69) is 4.74 Å². The van der Waals surface area contributed by atoms with Crippen LogP contribution in [0.25, 0.3) is 0 Å². The summed E-state index contributed by atoms with van der Waals surface area (Å²) in [5.74, 6) is -0.571. The van der Waals surface area contributed by atoms with Crippen LogP contribution in [0.5, 0.6) is 5.75 Å². The molecule has 2 unspecified atom stereocenters. The molecule has 2 N–H and O–H groups in total. The monoisotopic (exact) mass is 405 g/mol.